The molecule has 0 aliphatic heterocycles. The second-order valence-corrected chi connectivity index (χ2v) is 5.31. The molecule has 3 aromatic rings. The van der Waals surface area contributed by atoms with E-state index in [0.29, 0.717) is 5.69 Å². The Balaban J connectivity index is 2.13. The lowest BCUT2D eigenvalue weighted by atomic mass is 10.1. The van der Waals surface area contributed by atoms with E-state index in [9.17, 15) is 4.79 Å². The Bertz CT molecular complexity index is 777. The molecule has 0 amide bonds. The van der Waals surface area contributed by atoms with Gasteiger partial charge in [0, 0.05) is 4.88 Å². The Labute approximate surface area is 113 Å². The molecule has 0 atom stereocenters. The zero-order valence-electron chi connectivity index (χ0n) is 9.96. The average molecular weight is 269 g/mol. The number of thiophene rings is 1. The van der Waals surface area contributed by atoms with Gasteiger partial charge >= 0.3 is 5.97 Å². The second kappa shape index (κ2) is 4.40. The molecular formula is C15H11NO2S. The number of carboxylic acid groups (broad SMARTS) is 1. The summed E-state index contributed by atoms with van der Waals surface area (Å²) in [6, 6.07) is 15.8. The van der Waals surface area contributed by atoms with Gasteiger partial charge in [-0.3, -0.25) is 0 Å². The summed E-state index contributed by atoms with van der Waals surface area (Å²) < 4.78 is 0. The molecule has 2 aromatic carbocycles. The first kappa shape index (κ1) is 11.7. The lowest BCUT2D eigenvalue weighted by Gasteiger charge is -2.01. The molecule has 0 saturated heterocycles. The summed E-state index contributed by atoms with van der Waals surface area (Å²) in [5.74, 6) is -0.977. The van der Waals surface area contributed by atoms with E-state index < -0.39 is 5.97 Å². The van der Waals surface area contributed by atoms with Crippen molar-refractivity contribution in [1.29, 1.82) is 0 Å². The topological polar surface area (TPSA) is 63.3 Å². The third-order valence-electron chi connectivity index (χ3n) is 2.99. The highest BCUT2D eigenvalue weighted by Crippen LogP contribution is 2.34. The molecular weight excluding hydrogens is 258 g/mol. The van der Waals surface area contributed by atoms with E-state index in [0.717, 1.165) is 21.2 Å². The van der Waals surface area contributed by atoms with Crippen LogP contribution >= 0.6 is 11.3 Å². The average Bonchev–Trinajstić information content (AvgIpc) is 2.80. The predicted octanol–water partition coefficient (Wildman–Crippen LogP) is 3.85. The zero-order chi connectivity index (χ0) is 13.4. The molecule has 0 fully saturated rings. The van der Waals surface area contributed by atoms with E-state index in [2.05, 4.69) is 0 Å². The number of benzene rings is 2. The fourth-order valence-corrected chi connectivity index (χ4v) is 2.97. The van der Waals surface area contributed by atoms with Crippen LogP contribution in [0.4, 0.5) is 5.69 Å². The number of nitrogen functional groups attached to an aromatic ring is 1. The summed E-state index contributed by atoms with van der Waals surface area (Å²) >= 11 is 1.20. The molecule has 0 saturated carbocycles. The minimum Gasteiger partial charge on any atom is -0.477 e. The molecule has 0 aliphatic carbocycles. The van der Waals surface area contributed by atoms with Gasteiger partial charge in [-0.1, -0.05) is 36.4 Å². The van der Waals surface area contributed by atoms with Crippen LogP contribution < -0.4 is 5.73 Å². The van der Waals surface area contributed by atoms with E-state index in [1.807, 2.05) is 42.5 Å². The molecule has 0 radical (unpaired) electrons. The number of fused-ring (bicyclic) bond motifs is 1. The van der Waals surface area contributed by atoms with Crippen LogP contribution in [0.2, 0.25) is 0 Å². The molecule has 0 unspecified atom stereocenters. The number of nitrogens with two attached hydrogens (primary N) is 1. The van der Waals surface area contributed by atoms with E-state index in [1.54, 1.807) is 6.07 Å². The van der Waals surface area contributed by atoms with Crippen molar-refractivity contribution in [3.05, 3.63) is 53.4 Å². The molecule has 0 spiro atoms. The number of carboxylic acids is 1. The van der Waals surface area contributed by atoms with Gasteiger partial charge < -0.3 is 10.8 Å². The highest BCUT2D eigenvalue weighted by atomic mass is 32.1. The van der Waals surface area contributed by atoms with Crippen molar-refractivity contribution in [1.82, 2.24) is 0 Å². The van der Waals surface area contributed by atoms with Gasteiger partial charge in [0.25, 0.3) is 0 Å². The second-order valence-electron chi connectivity index (χ2n) is 4.26. The van der Waals surface area contributed by atoms with Gasteiger partial charge in [-0.05, 0) is 28.5 Å². The van der Waals surface area contributed by atoms with Crippen LogP contribution in [0.15, 0.2) is 48.5 Å². The number of anilines is 1. The molecule has 1 aromatic heterocycles. The van der Waals surface area contributed by atoms with Crippen LogP contribution in [0.3, 0.4) is 0 Å². The number of hydrogen-bond donors (Lipinski definition) is 2. The molecule has 0 bridgehead atoms. The van der Waals surface area contributed by atoms with Crippen molar-refractivity contribution in [2.24, 2.45) is 0 Å². The highest BCUT2D eigenvalue weighted by Gasteiger charge is 2.14. The highest BCUT2D eigenvalue weighted by molar-refractivity contribution is 7.17. The largest absolute Gasteiger partial charge is 0.477 e. The quantitative estimate of drug-likeness (QED) is 0.742. The molecule has 3 rings (SSSR count). The maximum atomic E-state index is 11.0. The first-order valence-corrected chi connectivity index (χ1v) is 6.58. The van der Waals surface area contributed by atoms with E-state index in [-0.39, 0.29) is 4.88 Å². The monoisotopic (exact) mass is 269 g/mol. The minimum absolute atomic E-state index is 0.197. The molecule has 3 N–H and O–H groups in total. The Morgan fingerprint density at radius 2 is 1.79 bits per heavy atom. The third-order valence-corrected chi connectivity index (χ3v) is 4.18. The molecule has 0 aliphatic rings. The van der Waals surface area contributed by atoms with Crippen molar-refractivity contribution in [3.8, 4) is 10.4 Å². The summed E-state index contributed by atoms with van der Waals surface area (Å²) in [4.78, 5) is 12.1. The van der Waals surface area contributed by atoms with Gasteiger partial charge in [0.1, 0.15) is 4.88 Å². The van der Waals surface area contributed by atoms with Gasteiger partial charge in [0.15, 0.2) is 0 Å². The Kier molecular flexibility index (Phi) is 2.72. The lowest BCUT2D eigenvalue weighted by Crippen LogP contribution is -1.96. The smallest absolute Gasteiger partial charge is 0.348 e. The normalized spacial score (nSPS) is 10.7. The third kappa shape index (κ3) is 2.06. The van der Waals surface area contributed by atoms with Crippen molar-refractivity contribution >= 4 is 33.8 Å². The summed E-state index contributed by atoms with van der Waals surface area (Å²) in [6.45, 7) is 0. The standard InChI is InChI=1S/C15H11NO2S/c16-12-8-13(19-14(12)15(17)18)11-6-5-9-3-1-2-4-10(9)7-11/h1-8H,16H2,(H,17,18). The van der Waals surface area contributed by atoms with Gasteiger partial charge in [-0.15, -0.1) is 11.3 Å². The summed E-state index contributed by atoms with van der Waals surface area (Å²) in [7, 11) is 0. The van der Waals surface area contributed by atoms with Crippen LogP contribution in [0.25, 0.3) is 21.2 Å². The molecule has 19 heavy (non-hydrogen) atoms. The van der Waals surface area contributed by atoms with E-state index >= 15 is 0 Å². The Morgan fingerprint density at radius 3 is 2.47 bits per heavy atom. The number of aromatic carboxylic acids is 1. The Hall–Kier alpha value is -2.33. The Morgan fingerprint density at radius 1 is 1.05 bits per heavy atom. The van der Waals surface area contributed by atoms with Crippen LogP contribution in [-0.4, -0.2) is 11.1 Å². The maximum absolute atomic E-state index is 11.0. The molecule has 1 heterocycles. The SMILES string of the molecule is Nc1cc(-c2ccc3ccccc3c2)sc1C(=O)O. The molecule has 4 heteroatoms. The fourth-order valence-electron chi connectivity index (χ4n) is 2.06. The fraction of sp³-hybridized carbons (Fsp3) is 0. The van der Waals surface area contributed by atoms with Crippen LogP contribution in [0.1, 0.15) is 9.67 Å². The van der Waals surface area contributed by atoms with Gasteiger partial charge in [-0.25, -0.2) is 4.79 Å². The van der Waals surface area contributed by atoms with Crippen molar-refractivity contribution in [2.45, 2.75) is 0 Å². The number of rotatable bonds is 2. The van der Waals surface area contributed by atoms with E-state index in [1.165, 1.54) is 11.3 Å². The summed E-state index contributed by atoms with van der Waals surface area (Å²) in [5.41, 5.74) is 7.03. The molecule has 3 nitrogen and oxygen atoms in total. The first-order chi connectivity index (χ1) is 9.15. The summed E-state index contributed by atoms with van der Waals surface area (Å²) in [6.07, 6.45) is 0. The van der Waals surface area contributed by atoms with Gasteiger partial charge in [-0.2, -0.15) is 0 Å². The van der Waals surface area contributed by atoms with Crippen molar-refractivity contribution in [2.75, 3.05) is 5.73 Å². The number of hydrogen-bond acceptors (Lipinski definition) is 3. The van der Waals surface area contributed by atoms with Crippen LogP contribution in [-0.2, 0) is 0 Å². The summed E-state index contributed by atoms with van der Waals surface area (Å²) in [5, 5.41) is 11.3. The number of carbonyl (C=O) groups is 1. The van der Waals surface area contributed by atoms with Crippen LogP contribution in [0, 0.1) is 0 Å². The van der Waals surface area contributed by atoms with Gasteiger partial charge in [0.05, 0.1) is 5.69 Å². The minimum atomic E-state index is -0.977. The maximum Gasteiger partial charge on any atom is 0.348 e. The lowest BCUT2D eigenvalue weighted by molar-refractivity contribution is 0.0703. The molecule has 94 valence electrons. The van der Waals surface area contributed by atoms with Crippen molar-refractivity contribution in [3.63, 3.8) is 0 Å². The predicted molar refractivity (Wildman–Crippen MR) is 78.6 cm³/mol. The van der Waals surface area contributed by atoms with E-state index in [4.69, 9.17) is 10.8 Å². The van der Waals surface area contributed by atoms with Crippen LogP contribution in [0.5, 0.6) is 0 Å². The van der Waals surface area contributed by atoms with Crippen molar-refractivity contribution < 1.29 is 9.90 Å². The zero-order valence-corrected chi connectivity index (χ0v) is 10.8. The first-order valence-electron chi connectivity index (χ1n) is 5.77. The van der Waals surface area contributed by atoms with Gasteiger partial charge in [0.2, 0.25) is 0 Å².